The molecule has 0 amide bonds. The highest BCUT2D eigenvalue weighted by Crippen LogP contribution is 2.07. The number of halogens is 2. The average Bonchev–Trinajstić information content (AvgIpc) is 2.51. The molecule has 0 saturated carbocycles. The number of guanidine groups is 1. The second-order valence-corrected chi connectivity index (χ2v) is 5.01. The Balaban J connectivity index is 0.00000264. The van der Waals surface area contributed by atoms with Gasteiger partial charge in [-0.2, -0.15) is 10.2 Å². The number of benzene rings is 2. The number of hydrazone groups is 2. The van der Waals surface area contributed by atoms with Crippen molar-refractivity contribution in [1.82, 2.24) is 10.9 Å². The van der Waals surface area contributed by atoms with Gasteiger partial charge in [-0.05, 0) is 30.2 Å². The van der Waals surface area contributed by atoms with Gasteiger partial charge in [0.05, 0.1) is 12.4 Å². The topological polar surface area (TPSA) is 72.6 Å². The first-order valence-corrected chi connectivity index (χ1v) is 7.00. The van der Waals surface area contributed by atoms with Crippen LogP contribution in [0.15, 0.2) is 58.7 Å². The van der Waals surface area contributed by atoms with E-state index in [9.17, 15) is 0 Å². The molecule has 2 aromatic carbocycles. The third-order valence-corrected chi connectivity index (χ3v) is 2.98. The Morgan fingerprint density at radius 1 is 0.913 bits per heavy atom. The van der Waals surface area contributed by atoms with Crippen LogP contribution >= 0.6 is 24.0 Å². The van der Waals surface area contributed by atoms with Gasteiger partial charge in [0.2, 0.25) is 5.96 Å². The third-order valence-electron chi connectivity index (χ3n) is 2.73. The summed E-state index contributed by atoms with van der Waals surface area (Å²) in [6.07, 6.45) is 3.23. The molecule has 0 atom stereocenters. The summed E-state index contributed by atoms with van der Waals surface area (Å²) in [5.41, 5.74) is 8.11. The molecule has 120 valence electrons. The molecule has 0 unspecified atom stereocenters. The standard InChI is InChI=1S/C16H16ClN5.ClH/c1-12-2-4-13(5-3-12)10-19-21-16(18)22-20-11-14-6-8-15(17)9-7-14;/h2-11H,1H3,(H3,18,21,22);1H. The molecule has 2 rings (SSSR count). The number of nitrogens with zero attached hydrogens (tertiary/aromatic N) is 2. The molecular weight excluding hydrogens is 333 g/mol. The van der Waals surface area contributed by atoms with Gasteiger partial charge in [-0.3, -0.25) is 5.41 Å². The van der Waals surface area contributed by atoms with Gasteiger partial charge in [-0.1, -0.05) is 53.6 Å². The zero-order valence-electron chi connectivity index (χ0n) is 12.5. The highest BCUT2D eigenvalue weighted by molar-refractivity contribution is 6.30. The second-order valence-electron chi connectivity index (χ2n) is 4.58. The van der Waals surface area contributed by atoms with Crippen molar-refractivity contribution >= 4 is 42.4 Å². The monoisotopic (exact) mass is 349 g/mol. The van der Waals surface area contributed by atoms with Crippen LogP contribution in [-0.2, 0) is 0 Å². The first-order valence-electron chi connectivity index (χ1n) is 6.62. The van der Waals surface area contributed by atoms with Crippen LogP contribution in [0, 0.1) is 12.3 Å². The van der Waals surface area contributed by atoms with Crippen molar-refractivity contribution in [2.24, 2.45) is 10.2 Å². The van der Waals surface area contributed by atoms with Crippen molar-refractivity contribution in [2.45, 2.75) is 6.92 Å². The number of hydrogen-bond acceptors (Lipinski definition) is 3. The molecule has 23 heavy (non-hydrogen) atoms. The molecule has 7 heteroatoms. The van der Waals surface area contributed by atoms with E-state index in [1.54, 1.807) is 24.6 Å². The van der Waals surface area contributed by atoms with Crippen molar-refractivity contribution in [3.05, 3.63) is 70.2 Å². The maximum atomic E-state index is 7.62. The molecule has 0 saturated heterocycles. The van der Waals surface area contributed by atoms with Gasteiger partial charge in [0.25, 0.3) is 0 Å². The number of nitrogens with one attached hydrogen (secondary N) is 3. The summed E-state index contributed by atoms with van der Waals surface area (Å²) in [6.45, 7) is 2.03. The molecule has 0 aliphatic rings. The van der Waals surface area contributed by atoms with E-state index in [4.69, 9.17) is 17.0 Å². The minimum atomic E-state index is -0.0198. The summed E-state index contributed by atoms with van der Waals surface area (Å²) >= 11 is 5.79. The Kier molecular flexibility index (Phi) is 7.80. The molecule has 3 N–H and O–H groups in total. The predicted molar refractivity (Wildman–Crippen MR) is 99.1 cm³/mol. The summed E-state index contributed by atoms with van der Waals surface area (Å²) < 4.78 is 0. The lowest BCUT2D eigenvalue weighted by Gasteiger charge is -2.01. The average molecular weight is 350 g/mol. The van der Waals surface area contributed by atoms with Crippen molar-refractivity contribution < 1.29 is 0 Å². The third kappa shape index (κ3) is 6.95. The molecule has 0 aliphatic heterocycles. The van der Waals surface area contributed by atoms with Crippen molar-refractivity contribution in [3.63, 3.8) is 0 Å². The second kappa shape index (κ2) is 9.61. The van der Waals surface area contributed by atoms with E-state index in [0.29, 0.717) is 5.02 Å². The Hall–Kier alpha value is -2.37. The van der Waals surface area contributed by atoms with Gasteiger partial charge in [0.15, 0.2) is 0 Å². The lowest BCUT2D eigenvalue weighted by Crippen LogP contribution is -2.29. The molecule has 0 heterocycles. The maximum Gasteiger partial charge on any atom is 0.230 e. The van der Waals surface area contributed by atoms with E-state index in [1.807, 2.05) is 43.3 Å². The normalized spacial score (nSPS) is 10.5. The number of hydrogen-bond donors (Lipinski definition) is 3. The molecular formula is C16H17Cl2N5. The largest absolute Gasteiger partial charge is 0.266 e. The van der Waals surface area contributed by atoms with Crippen LogP contribution in [0.4, 0.5) is 0 Å². The summed E-state index contributed by atoms with van der Waals surface area (Å²) in [4.78, 5) is 0. The predicted octanol–water partition coefficient (Wildman–Crippen LogP) is 3.55. The summed E-state index contributed by atoms with van der Waals surface area (Å²) in [5, 5.41) is 16.2. The van der Waals surface area contributed by atoms with E-state index in [1.165, 1.54) is 5.56 Å². The van der Waals surface area contributed by atoms with Crippen molar-refractivity contribution in [1.29, 1.82) is 5.41 Å². The summed E-state index contributed by atoms with van der Waals surface area (Å²) in [6, 6.07) is 15.1. The molecule has 0 fully saturated rings. The molecule has 0 aliphatic carbocycles. The Morgan fingerprint density at radius 3 is 1.83 bits per heavy atom. The lowest BCUT2D eigenvalue weighted by atomic mass is 10.2. The number of rotatable bonds is 4. The Morgan fingerprint density at radius 2 is 1.35 bits per heavy atom. The van der Waals surface area contributed by atoms with Crippen LogP contribution < -0.4 is 10.9 Å². The zero-order chi connectivity index (χ0) is 15.8. The fourth-order valence-electron chi connectivity index (χ4n) is 1.57. The molecule has 2 aromatic rings. The van der Waals surface area contributed by atoms with Crippen LogP contribution in [0.2, 0.25) is 5.02 Å². The molecule has 0 bridgehead atoms. The van der Waals surface area contributed by atoms with Gasteiger partial charge >= 0.3 is 0 Å². The quantitative estimate of drug-likeness (QED) is 0.448. The fraction of sp³-hybridized carbons (Fsp3) is 0.0625. The summed E-state index contributed by atoms with van der Waals surface area (Å²) in [5.74, 6) is -0.0198. The van der Waals surface area contributed by atoms with E-state index in [-0.39, 0.29) is 18.4 Å². The minimum Gasteiger partial charge on any atom is -0.266 e. The van der Waals surface area contributed by atoms with Gasteiger partial charge in [0, 0.05) is 5.02 Å². The zero-order valence-corrected chi connectivity index (χ0v) is 14.0. The highest BCUT2D eigenvalue weighted by atomic mass is 35.5. The van der Waals surface area contributed by atoms with E-state index in [2.05, 4.69) is 21.1 Å². The van der Waals surface area contributed by atoms with Crippen LogP contribution in [0.5, 0.6) is 0 Å². The first-order chi connectivity index (χ1) is 10.6. The van der Waals surface area contributed by atoms with E-state index < -0.39 is 0 Å². The van der Waals surface area contributed by atoms with Crippen LogP contribution in [0.3, 0.4) is 0 Å². The molecule has 0 radical (unpaired) electrons. The highest BCUT2D eigenvalue weighted by Gasteiger charge is 1.91. The lowest BCUT2D eigenvalue weighted by molar-refractivity contribution is 0.893. The van der Waals surface area contributed by atoms with E-state index >= 15 is 0 Å². The van der Waals surface area contributed by atoms with E-state index in [0.717, 1.165) is 11.1 Å². The van der Waals surface area contributed by atoms with Crippen LogP contribution in [-0.4, -0.2) is 18.4 Å². The number of aryl methyl sites for hydroxylation is 1. The smallest absolute Gasteiger partial charge is 0.230 e. The van der Waals surface area contributed by atoms with Crippen LogP contribution in [0.25, 0.3) is 0 Å². The SMILES string of the molecule is Cc1ccc(C=NNC(=N)NN=Cc2ccc(Cl)cc2)cc1.Cl. The van der Waals surface area contributed by atoms with Crippen molar-refractivity contribution in [2.75, 3.05) is 0 Å². The van der Waals surface area contributed by atoms with Gasteiger partial charge in [-0.15, -0.1) is 12.4 Å². The Bertz CT molecular complexity index is 619. The molecule has 0 aromatic heterocycles. The van der Waals surface area contributed by atoms with Gasteiger partial charge < -0.3 is 0 Å². The minimum absolute atomic E-state index is 0. The van der Waals surface area contributed by atoms with Crippen LogP contribution in [0.1, 0.15) is 16.7 Å². The molecule has 5 nitrogen and oxygen atoms in total. The fourth-order valence-corrected chi connectivity index (χ4v) is 1.70. The van der Waals surface area contributed by atoms with Gasteiger partial charge in [0.1, 0.15) is 0 Å². The molecule has 0 spiro atoms. The van der Waals surface area contributed by atoms with Crippen molar-refractivity contribution in [3.8, 4) is 0 Å². The van der Waals surface area contributed by atoms with Gasteiger partial charge in [-0.25, -0.2) is 10.9 Å². The summed E-state index contributed by atoms with van der Waals surface area (Å²) in [7, 11) is 0. The maximum absolute atomic E-state index is 7.62. The first kappa shape index (κ1) is 18.7. The Labute approximate surface area is 146 Å².